The molecule has 1 aromatic carbocycles. The molecule has 0 atom stereocenters. The van der Waals surface area contributed by atoms with Crippen LogP contribution in [-0.4, -0.2) is 20.0 Å². The third-order valence-electron chi connectivity index (χ3n) is 2.70. The van der Waals surface area contributed by atoms with Crippen LogP contribution in [0.25, 0.3) is 0 Å². The van der Waals surface area contributed by atoms with E-state index in [9.17, 15) is 4.79 Å². The molecule has 0 spiro atoms. The van der Waals surface area contributed by atoms with E-state index in [-0.39, 0.29) is 11.7 Å². The molecule has 0 unspecified atom stereocenters. The molecule has 4 heteroatoms. The van der Waals surface area contributed by atoms with E-state index in [0.717, 1.165) is 12.8 Å². The average Bonchev–Trinajstić information content (AvgIpc) is 3.11. The van der Waals surface area contributed by atoms with Crippen molar-refractivity contribution in [3.63, 3.8) is 0 Å². The van der Waals surface area contributed by atoms with Crippen molar-refractivity contribution in [2.75, 3.05) is 14.2 Å². The summed E-state index contributed by atoms with van der Waals surface area (Å²) in [5.41, 5.74) is 0.552. The van der Waals surface area contributed by atoms with Crippen LogP contribution in [0.5, 0.6) is 11.5 Å². The Kier molecular flexibility index (Phi) is 3.06. The third kappa shape index (κ3) is 1.87. The van der Waals surface area contributed by atoms with E-state index < -0.39 is 0 Å². The Bertz CT molecular complexity index is 425. The van der Waals surface area contributed by atoms with Crippen LogP contribution >= 0.6 is 11.6 Å². The Morgan fingerprint density at radius 3 is 2.50 bits per heavy atom. The molecule has 86 valence electrons. The number of hydrogen-bond donors (Lipinski definition) is 0. The molecule has 0 bridgehead atoms. The molecule has 0 amide bonds. The number of methoxy groups -OCH3 is 2. The molecule has 0 aliphatic heterocycles. The molecule has 1 aliphatic carbocycles. The van der Waals surface area contributed by atoms with Crippen LogP contribution in [0.15, 0.2) is 12.1 Å². The van der Waals surface area contributed by atoms with Gasteiger partial charge < -0.3 is 9.47 Å². The average molecular weight is 241 g/mol. The van der Waals surface area contributed by atoms with E-state index in [2.05, 4.69) is 0 Å². The zero-order valence-corrected chi connectivity index (χ0v) is 10.0. The van der Waals surface area contributed by atoms with Crippen molar-refractivity contribution < 1.29 is 14.3 Å². The summed E-state index contributed by atoms with van der Waals surface area (Å²) < 4.78 is 10.3. The van der Waals surface area contributed by atoms with Crippen molar-refractivity contribution in [3.05, 3.63) is 22.7 Å². The zero-order chi connectivity index (χ0) is 11.7. The highest BCUT2D eigenvalue weighted by Crippen LogP contribution is 2.41. The summed E-state index contributed by atoms with van der Waals surface area (Å²) in [6, 6.07) is 3.41. The summed E-state index contributed by atoms with van der Waals surface area (Å²) in [6.07, 6.45) is 1.93. The number of ether oxygens (including phenoxy) is 2. The first-order valence-corrected chi connectivity index (χ1v) is 5.51. The summed E-state index contributed by atoms with van der Waals surface area (Å²) in [4.78, 5) is 12.0. The Morgan fingerprint density at radius 2 is 2.00 bits per heavy atom. The monoisotopic (exact) mass is 240 g/mol. The van der Waals surface area contributed by atoms with E-state index in [4.69, 9.17) is 21.1 Å². The fraction of sp³-hybridized carbons (Fsp3) is 0.417. The number of halogens is 1. The zero-order valence-electron chi connectivity index (χ0n) is 9.25. The molecule has 1 fully saturated rings. The highest BCUT2D eigenvalue weighted by molar-refractivity contribution is 6.34. The first-order chi connectivity index (χ1) is 7.69. The van der Waals surface area contributed by atoms with Gasteiger partial charge in [0.15, 0.2) is 11.5 Å². The Balaban J connectivity index is 2.44. The van der Waals surface area contributed by atoms with Gasteiger partial charge in [-0.15, -0.1) is 0 Å². The lowest BCUT2D eigenvalue weighted by molar-refractivity contribution is 0.0964. The normalized spacial score (nSPS) is 14.7. The lowest BCUT2D eigenvalue weighted by atomic mass is 10.1. The van der Waals surface area contributed by atoms with E-state index in [1.807, 2.05) is 0 Å². The lowest BCUT2D eigenvalue weighted by Gasteiger charge is -2.11. The summed E-state index contributed by atoms with van der Waals surface area (Å²) in [5, 5.41) is 0.358. The molecule has 0 radical (unpaired) electrons. The van der Waals surface area contributed by atoms with Gasteiger partial charge >= 0.3 is 0 Å². The largest absolute Gasteiger partial charge is 0.495 e. The van der Waals surface area contributed by atoms with E-state index in [1.54, 1.807) is 12.1 Å². The molecular formula is C12H13ClO3. The topological polar surface area (TPSA) is 35.5 Å². The van der Waals surface area contributed by atoms with Gasteiger partial charge in [0.1, 0.15) is 10.8 Å². The van der Waals surface area contributed by atoms with Gasteiger partial charge in [0.05, 0.1) is 19.8 Å². The SMILES string of the molecule is COc1ccc(C(=O)C2CC2)c(OC)c1Cl. The molecule has 3 nitrogen and oxygen atoms in total. The molecule has 0 saturated heterocycles. The summed E-state index contributed by atoms with van der Waals surface area (Å²) in [7, 11) is 3.04. The Labute approximate surface area is 99.3 Å². The highest BCUT2D eigenvalue weighted by atomic mass is 35.5. The first-order valence-electron chi connectivity index (χ1n) is 5.13. The second kappa shape index (κ2) is 4.34. The van der Waals surface area contributed by atoms with Gasteiger partial charge in [-0.25, -0.2) is 0 Å². The summed E-state index contributed by atoms with van der Waals surface area (Å²) in [5.74, 6) is 1.20. The van der Waals surface area contributed by atoms with Crippen molar-refractivity contribution in [1.29, 1.82) is 0 Å². The minimum absolute atomic E-state index is 0.112. The quantitative estimate of drug-likeness (QED) is 0.759. The van der Waals surface area contributed by atoms with Crippen LogP contribution in [-0.2, 0) is 0 Å². The predicted molar refractivity (Wildman–Crippen MR) is 61.6 cm³/mol. The van der Waals surface area contributed by atoms with E-state index >= 15 is 0 Å². The number of Topliss-reactive ketones (excluding diaryl/α,β-unsaturated/α-hetero) is 1. The fourth-order valence-electron chi connectivity index (χ4n) is 1.65. The van der Waals surface area contributed by atoms with E-state index in [1.165, 1.54) is 14.2 Å². The van der Waals surface area contributed by atoms with Crippen LogP contribution in [0.2, 0.25) is 5.02 Å². The van der Waals surface area contributed by atoms with E-state index in [0.29, 0.717) is 22.1 Å². The third-order valence-corrected chi connectivity index (χ3v) is 3.06. The minimum Gasteiger partial charge on any atom is -0.495 e. The maximum absolute atomic E-state index is 12.0. The number of ketones is 1. The van der Waals surface area contributed by atoms with Gasteiger partial charge in [0.2, 0.25) is 0 Å². The van der Waals surface area contributed by atoms with Gasteiger partial charge in [0, 0.05) is 5.92 Å². The smallest absolute Gasteiger partial charge is 0.169 e. The standard InChI is InChI=1S/C12H13ClO3/c1-15-9-6-5-8(11(14)7-3-4-7)12(16-2)10(9)13/h5-7H,3-4H2,1-2H3. The molecule has 2 rings (SSSR count). The van der Waals surface area contributed by atoms with Crippen molar-refractivity contribution in [2.45, 2.75) is 12.8 Å². The minimum atomic E-state index is 0.112. The number of rotatable bonds is 4. The van der Waals surface area contributed by atoms with Crippen molar-refractivity contribution >= 4 is 17.4 Å². The van der Waals surface area contributed by atoms with Crippen LogP contribution in [0.4, 0.5) is 0 Å². The predicted octanol–water partition coefficient (Wildman–Crippen LogP) is 2.95. The molecule has 0 aromatic heterocycles. The second-order valence-electron chi connectivity index (χ2n) is 3.80. The molecule has 1 saturated carbocycles. The lowest BCUT2D eigenvalue weighted by Crippen LogP contribution is -2.05. The van der Waals surface area contributed by atoms with Crippen LogP contribution in [0.3, 0.4) is 0 Å². The number of benzene rings is 1. The molecule has 1 aromatic rings. The summed E-state index contributed by atoms with van der Waals surface area (Å²) >= 11 is 6.08. The molecule has 1 aliphatic rings. The van der Waals surface area contributed by atoms with Crippen LogP contribution < -0.4 is 9.47 Å². The van der Waals surface area contributed by atoms with Crippen molar-refractivity contribution in [2.24, 2.45) is 5.92 Å². The summed E-state index contributed by atoms with van der Waals surface area (Å²) in [6.45, 7) is 0. The Hall–Kier alpha value is -1.22. The van der Waals surface area contributed by atoms with Gasteiger partial charge in [-0.3, -0.25) is 4.79 Å². The van der Waals surface area contributed by atoms with Gasteiger partial charge in [-0.05, 0) is 25.0 Å². The van der Waals surface area contributed by atoms with Gasteiger partial charge in [0.25, 0.3) is 0 Å². The first kappa shape index (κ1) is 11.3. The maximum Gasteiger partial charge on any atom is 0.169 e. The number of carbonyl (C=O) groups is 1. The number of carbonyl (C=O) groups excluding carboxylic acids is 1. The van der Waals surface area contributed by atoms with Crippen LogP contribution in [0, 0.1) is 5.92 Å². The van der Waals surface area contributed by atoms with Crippen molar-refractivity contribution in [1.82, 2.24) is 0 Å². The fourth-order valence-corrected chi connectivity index (χ4v) is 1.97. The van der Waals surface area contributed by atoms with Gasteiger partial charge in [-0.2, -0.15) is 0 Å². The molecule has 0 N–H and O–H groups in total. The van der Waals surface area contributed by atoms with Crippen molar-refractivity contribution in [3.8, 4) is 11.5 Å². The van der Waals surface area contributed by atoms with Crippen LogP contribution in [0.1, 0.15) is 23.2 Å². The highest BCUT2D eigenvalue weighted by Gasteiger charge is 2.33. The molecule has 0 heterocycles. The van der Waals surface area contributed by atoms with Gasteiger partial charge in [-0.1, -0.05) is 11.6 Å². The number of hydrogen-bond acceptors (Lipinski definition) is 3. The molecule has 16 heavy (non-hydrogen) atoms. The second-order valence-corrected chi connectivity index (χ2v) is 4.18. The Morgan fingerprint density at radius 1 is 1.31 bits per heavy atom. The molecular weight excluding hydrogens is 228 g/mol. The maximum atomic E-state index is 12.0.